The van der Waals surface area contributed by atoms with E-state index in [1.165, 1.54) is 0 Å². The molecule has 0 fully saturated rings. The zero-order valence-electron chi connectivity index (χ0n) is 14.8. The van der Waals surface area contributed by atoms with Gasteiger partial charge < -0.3 is 15.1 Å². The molecule has 1 heterocycles. The van der Waals surface area contributed by atoms with E-state index >= 15 is 0 Å². The lowest BCUT2D eigenvalue weighted by molar-refractivity contribution is -0.124. The van der Waals surface area contributed by atoms with Crippen LogP contribution in [0.2, 0.25) is 5.02 Å². The molecule has 25 heavy (non-hydrogen) atoms. The van der Waals surface area contributed by atoms with Crippen LogP contribution in [0.3, 0.4) is 0 Å². The third kappa shape index (κ3) is 4.86. The van der Waals surface area contributed by atoms with Crippen LogP contribution in [0, 0.1) is 12.8 Å². The Balaban J connectivity index is 2.08. The van der Waals surface area contributed by atoms with Crippen LogP contribution in [-0.2, 0) is 4.79 Å². The van der Waals surface area contributed by atoms with Gasteiger partial charge in [0, 0.05) is 0 Å². The van der Waals surface area contributed by atoms with Gasteiger partial charge >= 0.3 is 0 Å². The summed E-state index contributed by atoms with van der Waals surface area (Å²) in [6.45, 7) is 7.43. The Labute approximate surface area is 152 Å². The summed E-state index contributed by atoms with van der Waals surface area (Å²) >= 11 is 6.05. The lowest BCUT2D eigenvalue weighted by Crippen LogP contribution is -2.50. The summed E-state index contributed by atoms with van der Waals surface area (Å²) in [4.78, 5) is 25.1. The van der Waals surface area contributed by atoms with E-state index in [0.29, 0.717) is 16.3 Å². The second-order valence-corrected chi connectivity index (χ2v) is 6.76. The van der Waals surface area contributed by atoms with E-state index in [0.717, 1.165) is 5.76 Å². The number of furan rings is 1. The van der Waals surface area contributed by atoms with Crippen LogP contribution in [0.5, 0.6) is 0 Å². The molecular weight excluding hydrogens is 340 g/mol. The van der Waals surface area contributed by atoms with Gasteiger partial charge in [0.25, 0.3) is 5.91 Å². The predicted molar refractivity (Wildman–Crippen MR) is 97.5 cm³/mol. The highest BCUT2D eigenvalue weighted by Crippen LogP contribution is 2.18. The summed E-state index contributed by atoms with van der Waals surface area (Å²) in [5.41, 5.74) is 0.345. The van der Waals surface area contributed by atoms with Gasteiger partial charge in [0.2, 0.25) is 5.91 Å². The maximum Gasteiger partial charge on any atom is 0.253 e. The van der Waals surface area contributed by atoms with Gasteiger partial charge in [-0.1, -0.05) is 37.6 Å². The molecule has 2 N–H and O–H groups in total. The third-order valence-electron chi connectivity index (χ3n) is 3.90. The Morgan fingerprint density at radius 2 is 1.72 bits per heavy atom. The molecule has 0 saturated heterocycles. The van der Waals surface area contributed by atoms with Crippen LogP contribution < -0.4 is 10.6 Å². The minimum Gasteiger partial charge on any atom is -0.464 e. The molecule has 134 valence electrons. The highest BCUT2D eigenvalue weighted by molar-refractivity contribution is 6.33. The van der Waals surface area contributed by atoms with Crippen LogP contribution in [0.1, 0.15) is 48.7 Å². The second-order valence-electron chi connectivity index (χ2n) is 6.35. The van der Waals surface area contributed by atoms with Crippen molar-refractivity contribution in [2.24, 2.45) is 5.92 Å². The van der Waals surface area contributed by atoms with Crippen LogP contribution >= 0.6 is 11.6 Å². The number of rotatable bonds is 6. The Morgan fingerprint density at radius 3 is 2.28 bits per heavy atom. The van der Waals surface area contributed by atoms with Crippen molar-refractivity contribution in [3.05, 3.63) is 58.5 Å². The van der Waals surface area contributed by atoms with Gasteiger partial charge in [0.05, 0.1) is 16.6 Å². The number of carbonyl (C=O) groups excluding carboxylic acids is 2. The van der Waals surface area contributed by atoms with Crippen molar-refractivity contribution in [1.82, 2.24) is 10.6 Å². The number of amides is 2. The molecule has 0 aliphatic rings. The smallest absolute Gasteiger partial charge is 0.253 e. The fourth-order valence-corrected chi connectivity index (χ4v) is 2.68. The monoisotopic (exact) mass is 362 g/mol. The molecule has 5 nitrogen and oxygen atoms in total. The van der Waals surface area contributed by atoms with E-state index < -0.39 is 6.04 Å². The number of carbonyl (C=O) groups is 2. The van der Waals surface area contributed by atoms with Crippen molar-refractivity contribution in [3.63, 3.8) is 0 Å². The average Bonchev–Trinajstić information content (AvgIpc) is 2.99. The minimum atomic E-state index is -0.678. The summed E-state index contributed by atoms with van der Waals surface area (Å²) in [6.07, 6.45) is 0. The molecule has 0 radical (unpaired) electrons. The number of nitrogens with one attached hydrogen (secondary N) is 2. The van der Waals surface area contributed by atoms with E-state index in [4.69, 9.17) is 16.0 Å². The lowest BCUT2D eigenvalue weighted by atomic mass is 10.0. The van der Waals surface area contributed by atoms with Gasteiger partial charge in [-0.05, 0) is 44.0 Å². The Morgan fingerprint density at radius 1 is 1.04 bits per heavy atom. The van der Waals surface area contributed by atoms with Crippen LogP contribution in [-0.4, -0.2) is 17.9 Å². The molecule has 0 spiro atoms. The maximum atomic E-state index is 12.6. The standard InChI is InChI=1S/C19H23ClN2O3/c1-11(2)17(22-18(23)14-7-5-6-8-15(14)20)19(24)21-13(4)16-10-9-12(3)25-16/h5-11,13,17H,1-4H3,(H,21,24)(H,22,23). The molecule has 2 atom stereocenters. The Hall–Kier alpha value is -2.27. The summed E-state index contributed by atoms with van der Waals surface area (Å²) < 4.78 is 5.53. The van der Waals surface area contributed by atoms with Gasteiger partial charge in [-0.15, -0.1) is 0 Å². The quantitative estimate of drug-likeness (QED) is 0.819. The van der Waals surface area contributed by atoms with Crippen LogP contribution in [0.4, 0.5) is 0 Å². The first-order valence-electron chi connectivity index (χ1n) is 8.21. The average molecular weight is 363 g/mol. The van der Waals surface area contributed by atoms with E-state index in [1.807, 2.05) is 39.8 Å². The minimum absolute atomic E-state index is 0.0861. The zero-order chi connectivity index (χ0) is 18.6. The highest BCUT2D eigenvalue weighted by atomic mass is 35.5. The molecular formula is C19H23ClN2O3. The highest BCUT2D eigenvalue weighted by Gasteiger charge is 2.27. The molecule has 1 aromatic carbocycles. The van der Waals surface area contributed by atoms with Crippen LogP contribution in [0.25, 0.3) is 0 Å². The normalized spacial score (nSPS) is 13.4. The van der Waals surface area contributed by atoms with Crippen molar-refractivity contribution in [2.75, 3.05) is 0 Å². The first-order chi connectivity index (χ1) is 11.8. The summed E-state index contributed by atoms with van der Waals surface area (Å²) in [5.74, 6) is 0.726. The molecule has 0 saturated carbocycles. The van der Waals surface area contributed by atoms with Gasteiger partial charge in [-0.3, -0.25) is 9.59 Å². The molecule has 2 rings (SSSR count). The summed E-state index contributed by atoms with van der Waals surface area (Å²) in [6, 6.07) is 9.45. The molecule has 0 aliphatic carbocycles. The number of benzene rings is 1. The molecule has 2 amide bonds. The molecule has 1 aromatic heterocycles. The third-order valence-corrected chi connectivity index (χ3v) is 4.23. The molecule has 2 aromatic rings. The van der Waals surface area contributed by atoms with Crippen molar-refractivity contribution < 1.29 is 14.0 Å². The maximum absolute atomic E-state index is 12.6. The second kappa shape index (κ2) is 8.21. The first kappa shape index (κ1) is 19.1. The zero-order valence-corrected chi connectivity index (χ0v) is 15.6. The predicted octanol–water partition coefficient (Wildman–Crippen LogP) is 3.87. The van der Waals surface area contributed by atoms with Gasteiger partial charge in [0.15, 0.2) is 0 Å². The van der Waals surface area contributed by atoms with E-state index in [-0.39, 0.29) is 23.8 Å². The van der Waals surface area contributed by atoms with E-state index in [9.17, 15) is 9.59 Å². The summed E-state index contributed by atoms with van der Waals surface area (Å²) in [7, 11) is 0. The van der Waals surface area contributed by atoms with E-state index in [1.54, 1.807) is 24.3 Å². The van der Waals surface area contributed by atoms with Crippen molar-refractivity contribution >= 4 is 23.4 Å². The molecule has 0 aliphatic heterocycles. The van der Waals surface area contributed by atoms with Crippen LogP contribution in [0.15, 0.2) is 40.8 Å². The SMILES string of the molecule is Cc1ccc(C(C)NC(=O)C(NC(=O)c2ccccc2Cl)C(C)C)o1. The number of aryl methyl sites for hydroxylation is 1. The first-order valence-corrected chi connectivity index (χ1v) is 8.59. The molecule has 2 unspecified atom stereocenters. The van der Waals surface area contributed by atoms with E-state index in [2.05, 4.69) is 10.6 Å². The number of hydrogen-bond donors (Lipinski definition) is 2. The largest absolute Gasteiger partial charge is 0.464 e. The Kier molecular flexibility index (Phi) is 6.26. The fourth-order valence-electron chi connectivity index (χ4n) is 2.46. The van der Waals surface area contributed by atoms with Gasteiger partial charge in [-0.25, -0.2) is 0 Å². The molecule has 0 bridgehead atoms. The Bertz CT molecular complexity index is 755. The van der Waals surface area contributed by atoms with Crippen molar-refractivity contribution in [3.8, 4) is 0 Å². The number of hydrogen-bond acceptors (Lipinski definition) is 3. The summed E-state index contributed by atoms with van der Waals surface area (Å²) in [5, 5.41) is 6.00. The van der Waals surface area contributed by atoms with Crippen molar-refractivity contribution in [1.29, 1.82) is 0 Å². The topological polar surface area (TPSA) is 71.3 Å². The van der Waals surface area contributed by atoms with Crippen molar-refractivity contribution in [2.45, 2.75) is 39.8 Å². The number of halogens is 1. The van der Waals surface area contributed by atoms with Gasteiger partial charge in [0.1, 0.15) is 17.6 Å². The fraction of sp³-hybridized carbons (Fsp3) is 0.368. The van der Waals surface area contributed by atoms with Gasteiger partial charge in [-0.2, -0.15) is 0 Å². The molecule has 6 heteroatoms. The lowest BCUT2D eigenvalue weighted by Gasteiger charge is -2.23.